The first-order chi connectivity index (χ1) is 9.59. The van der Waals surface area contributed by atoms with Crippen LogP contribution in [0.25, 0.3) is 10.8 Å². The summed E-state index contributed by atoms with van der Waals surface area (Å²) >= 11 is 0. The van der Waals surface area contributed by atoms with Crippen molar-refractivity contribution in [2.24, 2.45) is 0 Å². The second-order valence-corrected chi connectivity index (χ2v) is 5.54. The molecule has 0 saturated carbocycles. The average molecular weight is 272 g/mol. The fraction of sp³-hybridized carbons (Fsp3) is 0.412. The van der Waals surface area contributed by atoms with Crippen molar-refractivity contribution in [3.8, 4) is 5.75 Å². The molecule has 0 heterocycles. The summed E-state index contributed by atoms with van der Waals surface area (Å²) in [7, 11) is 2.13. The molecule has 2 N–H and O–H groups in total. The number of rotatable bonds is 6. The Bertz CT molecular complexity index is 566. The van der Waals surface area contributed by atoms with E-state index in [2.05, 4.69) is 43.2 Å². The summed E-state index contributed by atoms with van der Waals surface area (Å²) in [4.78, 5) is 2.30. The van der Waals surface area contributed by atoms with Gasteiger partial charge >= 0.3 is 0 Å². The van der Waals surface area contributed by atoms with Crippen LogP contribution in [0.5, 0.6) is 5.75 Å². The standard InChI is InChI=1S/C17H24N2O/c1-13(2)19(3)11-10-18-12-16-15-7-5-4-6-14(15)8-9-17(16)20/h4-9,13,18,20H,10-12H2,1-3H3. The minimum absolute atomic E-state index is 0.369. The van der Waals surface area contributed by atoms with Gasteiger partial charge < -0.3 is 15.3 Å². The zero-order valence-corrected chi connectivity index (χ0v) is 12.6. The smallest absolute Gasteiger partial charge is 0.120 e. The molecule has 0 unspecified atom stereocenters. The number of phenols is 1. The van der Waals surface area contributed by atoms with Crippen molar-refractivity contribution in [3.05, 3.63) is 42.0 Å². The first-order valence-corrected chi connectivity index (χ1v) is 7.20. The van der Waals surface area contributed by atoms with Crippen molar-refractivity contribution in [2.75, 3.05) is 20.1 Å². The zero-order chi connectivity index (χ0) is 14.5. The van der Waals surface area contributed by atoms with Gasteiger partial charge in [0.15, 0.2) is 0 Å². The summed E-state index contributed by atoms with van der Waals surface area (Å²) in [6.45, 7) is 6.99. The molecule has 0 saturated heterocycles. The maximum absolute atomic E-state index is 10.1. The van der Waals surface area contributed by atoms with Gasteiger partial charge in [0.05, 0.1) is 0 Å². The minimum atomic E-state index is 0.369. The quantitative estimate of drug-likeness (QED) is 0.794. The van der Waals surface area contributed by atoms with Gasteiger partial charge in [0, 0.05) is 31.2 Å². The molecular weight excluding hydrogens is 248 g/mol. The van der Waals surface area contributed by atoms with Crippen LogP contribution in [-0.2, 0) is 6.54 Å². The maximum atomic E-state index is 10.1. The van der Waals surface area contributed by atoms with Gasteiger partial charge in [-0.15, -0.1) is 0 Å². The highest BCUT2D eigenvalue weighted by Gasteiger charge is 2.07. The van der Waals surface area contributed by atoms with E-state index in [9.17, 15) is 5.11 Å². The van der Waals surface area contributed by atoms with Crippen molar-refractivity contribution in [2.45, 2.75) is 26.4 Å². The predicted molar refractivity (Wildman–Crippen MR) is 85.1 cm³/mol. The van der Waals surface area contributed by atoms with Gasteiger partial charge in [0.1, 0.15) is 5.75 Å². The SMILES string of the molecule is CC(C)N(C)CCNCc1c(O)ccc2ccccc12. The van der Waals surface area contributed by atoms with E-state index in [0.29, 0.717) is 18.3 Å². The molecule has 0 amide bonds. The zero-order valence-electron chi connectivity index (χ0n) is 12.6. The van der Waals surface area contributed by atoms with Gasteiger partial charge in [-0.1, -0.05) is 30.3 Å². The third-order valence-corrected chi connectivity index (χ3v) is 3.84. The van der Waals surface area contributed by atoms with Crippen LogP contribution < -0.4 is 5.32 Å². The summed E-state index contributed by atoms with van der Waals surface area (Å²) in [5.41, 5.74) is 0.982. The molecular formula is C17H24N2O. The molecule has 0 spiro atoms. The van der Waals surface area contributed by atoms with Gasteiger partial charge in [0.2, 0.25) is 0 Å². The molecule has 2 rings (SSSR count). The number of aromatic hydroxyl groups is 1. The van der Waals surface area contributed by atoms with Crippen LogP contribution in [0.4, 0.5) is 0 Å². The largest absolute Gasteiger partial charge is 0.508 e. The summed E-state index contributed by atoms with van der Waals surface area (Å²) in [6, 6.07) is 12.5. The Labute approximate surface area is 121 Å². The van der Waals surface area contributed by atoms with Crippen LogP contribution in [0.1, 0.15) is 19.4 Å². The Kier molecular flexibility index (Phi) is 4.99. The van der Waals surface area contributed by atoms with Gasteiger partial charge in [0.25, 0.3) is 0 Å². The molecule has 3 nitrogen and oxygen atoms in total. The van der Waals surface area contributed by atoms with Crippen LogP contribution in [0, 0.1) is 0 Å². The first-order valence-electron chi connectivity index (χ1n) is 7.20. The highest BCUT2D eigenvalue weighted by molar-refractivity contribution is 5.87. The molecule has 0 aliphatic carbocycles. The third kappa shape index (κ3) is 3.50. The number of likely N-dealkylation sites (N-methyl/N-ethyl adjacent to an activating group) is 1. The molecule has 2 aromatic carbocycles. The molecule has 0 aliphatic rings. The molecule has 3 heteroatoms. The van der Waals surface area contributed by atoms with Crippen molar-refractivity contribution < 1.29 is 5.11 Å². The van der Waals surface area contributed by atoms with Crippen molar-refractivity contribution in [3.63, 3.8) is 0 Å². The first kappa shape index (κ1) is 14.8. The van der Waals surface area contributed by atoms with Gasteiger partial charge in [-0.25, -0.2) is 0 Å². The molecule has 0 fully saturated rings. The Balaban J connectivity index is 2.01. The third-order valence-electron chi connectivity index (χ3n) is 3.84. The molecule has 0 aliphatic heterocycles. The highest BCUT2D eigenvalue weighted by atomic mass is 16.3. The fourth-order valence-electron chi connectivity index (χ4n) is 2.24. The average Bonchev–Trinajstić information content (AvgIpc) is 2.45. The second-order valence-electron chi connectivity index (χ2n) is 5.54. The molecule has 20 heavy (non-hydrogen) atoms. The Hall–Kier alpha value is -1.58. The number of benzene rings is 2. The fourth-order valence-corrected chi connectivity index (χ4v) is 2.24. The number of phenolic OH excluding ortho intramolecular Hbond substituents is 1. The van der Waals surface area contributed by atoms with Crippen molar-refractivity contribution >= 4 is 10.8 Å². The van der Waals surface area contributed by atoms with E-state index in [4.69, 9.17) is 0 Å². The summed E-state index contributed by atoms with van der Waals surface area (Å²) < 4.78 is 0. The molecule has 0 aromatic heterocycles. The summed E-state index contributed by atoms with van der Waals surface area (Å²) in [6.07, 6.45) is 0. The molecule has 0 bridgehead atoms. The number of nitrogens with one attached hydrogen (secondary N) is 1. The van der Waals surface area contributed by atoms with Crippen LogP contribution in [0.3, 0.4) is 0 Å². The van der Waals surface area contributed by atoms with Crippen LogP contribution in [-0.4, -0.2) is 36.2 Å². The minimum Gasteiger partial charge on any atom is -0.508 e. The lowest BCUT2D eigenvalue weighted by Crippen LogP contribution is -2.33. The van der Waals surface area contributed by atoms with Gasteiger partial charge in [-0.05, 0) is 37.7 Å². The Morgan fingerprint density at radius 3 is 2.65 bits per heavy atom. The highest BCUT2D eigenvalue weighted by Crippen LogP contribution is 2.26. The summed E-state index contributed by atoms with van der Waals surface area (Å²) in [5, 5.41) is 15.8. The van der Waals surface area contributed by atoms with E-state index in [-0.39, 0.29) is 0 Å². The van der Waals surface area contributed by atoms with Gasteiger partial charge in [-0.2, -0.15) is 0 Å². The lowest BCUT2D eigenvalue weighted by atomic mass is 10.0. The number of fused-ring (bicyclic) bond motifs is 1. The van der Waals surface area contributed by atoms with E-state index in [1.807, 2.05) is 18.2 Å². The maximum Gasteiger partial charge on any atom is 0.120 e. The van der Waals surface area contributed by atoms with Crippen LogP contribution >= 0.6 is 0 Å². The Morgan fingerprint density at radius 1 is 1.15 bits per heavy atom. The molecule has 0 atom stereocenters. The lowest BCUT2D eigenvalue weighted by Gasteiger charge is -2.21. The van der Waals surface area contributed by atoms with Gasteiger partial charge in [-0.3, -0.25) is 0 Å². The molecule has 108 valence electrons. The number of hydrogen-bond donors (Lipinski definition) is 2. The predicted octanol–water partition coefficient (Wildman–Crippen LogP) is 2.98. The number of hydrogen-bond acceptors (Lipinski definition) is 3. The molecule has 0 radical (unpaired) electrons. The van der Waals surface area contributed by atoms with E-state index >= 15 is 0 Å². The van der Waals surface area contributed by atoms with Crippen molar-refractivity contribution in [1.29, 1.82) is 0 Å². The monoisotopic (exact) mass is 272 g/mol. The second kappa shape index (κ2) is 6.73. The van der Waals surface area contributed by atoms with Crippen LogP contribution in [0.2, 0.25) is 0 Å². The van der Waals surface area contributed by atoms with Crippen LogP contribution in [0.15, 0.2) is 36.4 Å². The van der Waals surface area contributed by atoms with E-state index < -0.39 is 0 Å². The van der Waals surface area contributed by atoms with Crippen molar-refractivity contribution in [1.82, 2.24) is 10.2 Å². The lowest BCUT2D eigenvalue weighted by molar-refractivity contribution is 0.273. The number of nitrogens with zero attached hydrogens (tertiary/aromatic N) is 1. The van der Waals surface area contributed by atoms with E-state index in [0.717, 1.165) is 24.0 Å². The topological polar surface area (TPSA) is 35.5 Å². The van der Waals surface area contributed by atoms with E-state index in [1.54, 1.807) is 6.07 Å². The van der Waals surface area contributed by atoms with E-state index in [1.165, 1.54) is 5.39 Å². The Morgan fingerprint density at radius 2 is 1.90 bits per heavy atom. The normalized spacial score (nSPS) is 11.7. The summed E-state index contributed by atoms with van der Waals surface area (Å²) in [5.74, 6) is 0.369. The molecule has 2 aromatic rings.